The van der Waals surface area contributed by atoms with Gasteiger partial charge in [0.15, 0.2) is 10.8 Å². The zero-order chi connectivity index (χ0) is 49.6. The number of pyridine rings is 1. The molecular formula is C54H53N9O8S. The number of aryl methyl sites for hydroxylation is 1. The Morgan fingerprint density at radius 2 is 1.69 bits per heavy atom. The summed E-state index contributed by atoms with van der Waals surface area (Å²) in [7, 11) is 1.80. The lowest BCUT2D eigenvalue weighted by molar-refractivity contribution is -0.134. The second kappa shape index (κ2) is 19.6. The number of fused-ring (bicyclic) bond motifs is 5. The van der Waals surface area contributed by atoms with Crippen LogP contribution in [0.4, 0.5) is 16.6 Å². The van der Waals surface area contributed by atoms with Crippen LogP contribution in [0.5, 0.6) is 5.75 Å². The Labute approximate surface area is 418 Å². The van der Waals surface area contributed by atoms with Crippen LogP contribution < -0.4 is 25.6 Å². The number of benzene rings is 4. The number of amides is 4. The summed E-state index contributed by atoms with van der Waals surface area (Å²) >= 11 is 1.42. The average molecular weight is 988 g/mol. The smallest absolute Gasteiger partial charge is 0.355 e. The molecule has 3 aromatic heterocycles. The van der Waals surface area contributed by atoms with E-state index in [4.69, 9.17) is 14.5 Å². The van der Waals surface area contributed by atoms with E-state index in [0.29, 0.717) is 83.9 Å². The molecule has 18 heteroatoms. The van der Waals surface area contributed by atoms with Gasteiger partial charge in [0.2, 0.25) is 17.7 Å². The van der Waals surface area contributed by atoms with Crippen molar-refractivity contribution in [3.8, 4) is 16.9 Å². The van der Waals surface area contributed by atoms with Gasteiger partial charge in [-0.3, -0.25) is 39.4 Å². The van der Waals surface area contributed by atoms with Gasteiger partial charge >= 0.3 is 5.97 Å². The number of anilines is 3. The number of nitrogens with zero attached hydrogens (tertiary/aromatic N) is 6. The third-order valence-corrected chi connectivity index (χ3v) is 15.6. The number of carbonyl (C=O) groups excluding carboxylic acids is 4. The molecule has 4 atom stereocenters. The molecule has 7 aromatic rings. The van der Waals surface area contributed by atoms with Crippen LogP contribution in [-0.2, 0) is 39.1 Å². The second-order valence-corrected chi connectivity index (χ2v) is 20.0. The molecular weight excluding hydrogens is 935 g/mol. The van der Waals surface area contributed by atoms with Gasteiger partial charge in [-0.2, -0.15) is 5.10 Å². The van der Waals surface area contributed by atoms with Crippen LogP contribution >= 0.6 is 11.3 Å². The summed E-state index contributed by atoms with van der Waals surface area (Å²) in [5, 5.41) is 24.9. The van der Waals surface area contributed by atoms with Crippen LogP contribution in [0.3, 0.4) is 0 Å². The van der Waals surface area contributed by atoms with Crippen molar-refractivity contribution in [2.75, 3.05) is 41.8 Å². The van der Waals surface area contributed by atoms with E-state index in [1.54, 1.807) is 17.8 Å². The van der Waals surface area contributed by atoms with E-state index >= 15 is 0 Å². The zero-order valence-corrected chi connectivity index (χ0v) is 40.7. The first-order chi connectivity index (χ1) is 34.9. The van der Waals surface area contributed by atoms with E-state index in [9.17, 15) is 29.1 Å². The largest absolute Gasteiger partial charge is 0.491 e. The van der Waals surface area contributed by atoms with Gasteiger partial charge < -0.3 is 24.8 Å². The number of carboxylic acids is 1. The molecule has 2 bridgehead atoms. The molecule has 3 saturated heterocycles. The summed E-state index contributed by atoms with van der Waals surface area (Å²) < 4.78 is 15.3. The Bertz CT molecular complexity index is 3270. The minimum absolute atomic E-state index is 0.0351. The van der Waals surface area contributed by atoms with Crippen molar-refractivity contribution in [1.29, 1.82) is 0 Å². The lowest BCUT2D eigenvalue weighted by atomic mass is 9.93. The summed E-state index contributed by atoms with van der Waals surface area (Å²) in [6.07, 6.45) is 5.00. The molecule has 4 aliphatic rings. The molecule has 0 spiro atoms. The van der Waals surface area contributed by atoms with Gasteiger partial charge in [-0.15, -0.1) is 0 Å². The number of imide groups is 1. The first-order valence-electron chi connectivity index (χ1n) is 24.4. The van der Waals surface area contributed by atoms with Crippen molar-refractivity contribution in [3.05, 3.63) is 125 Å². The maximum atomic E-state index is 13.6. The van der Waals surface area contributed by atoms with Crippen molar-refractivity contribution < 1.29 is 38.6 Å². The minimum Gasteiger partial charge on any atom is -0.491 e. The lowest BCUT2D eigenvalue weighted by Gasteiger charge is -2.38. The molecule has 4 aromatic carbocycles. The van der Waals surface area contributed by atoms with E-state index in [0.717, 1.165) is 63.5 Å². The molecule has 7 heterocycles. The van der Waals surface area contributed by atoms with Gasteiger partial charge in [0.1, 0.15) is 18.2 Å². The quantitative estimate of drug-likeness (QED) is 0.0612. The molecule has 368 valence electrons. The Morgan fingerprint density at radius 3 is 2.50 bits per heavy atom. The van der Waals surface area contributed by atoms with E-state index < -0.39 is 11.9 Å². The number of nitrogens with one attached hydrogen (secondary N) is 3. The molecule has 0 radical (unpaired) electrons. The van der Waals surface area contributed by atoms with E-state index in [-0.39, 0.29) is 60.5 Å². The Morgan fingerprint density at radius 1 is 0.875 bits per heavy atom. The SMILES string of the molecule is Cc1c(OCCO[C@@H]2C[C@H]3CC[C@@H](C2)N3CC(=O)Nc2ccc3c(C4CCC(=O)NC4=O)nn(C)c3c2)cccc1-c1ccc(N2CCc3cccc(C(=O)Nc4nc5ccccc5s4)c3C2)nc1C(=O)O. The van der Waals surface area contributed by atoms with Gasteiger partial charge in [-0.25, -0.2) is 14.8 Å². The van der Waals surface area contributed by atoms with E-state index in [2.05, 4.69) is 30.9 Å². The van der Waals surface area contributed by atoms with Gasteiger partial charge in [0.25, 0.3) is 5.91 Å². The number of thiazole rings is 1. The third kappa shape index (κ3) is 9.28. The standard InChI is InChI=1S/C54H53N9O8S/c1-30-36(37-17-19-46(57-50(37)53(68)69)62-22-21-31-7-5-9-38(41(31)28-62)51(66)59-54-56-42-10-3-4-12-45(42)72-54)8-6-11-44(30)71-24-23-70-35-26-33-14-15-34(27-35)63(33)29-48(65)55-32-13-16-39-43(25-32)61(2)60-49(39)40-18-20-47(64)58-52(40)67/h3-13,16-17,19,25,33-35,40H,14-15,18,20-24,26-29H2,1-2H3,(H,55,65)(H,68,69)(H,56,59,66)(H,58,64,67)/t33-,34+,35-,40?. The van der Waals surface area contributed by atoms with Gasteiger partial charge in [-0.1, -0.05) is 47.7 Å². The van der Waals surface area contributed by atoms with Crippen molar-refractivity contribution in [2.24, 2.45) is 7.05 Å². The van der Waals surface area contributed by atoms with Gasteiger partial charge in [-0.05, 0) is 122 Å². The third-order valence-electron chi connectivity index (χ3n) is 14.6. The Hall–Kier alpha value is -7.54. The Balaban J connectivity index is 0.684. The van der Waals surface area contributed by atoms with Crippen LogP contribution in [0.25, 0.3) is 32.2 Å². The van der Waals surface area contributed by atoms with Crippen molar-refractivity contribution in [2.45, 2.75) is 82.5 Å². The van der Waals surface area contributed by atoms with Crippen LogP contribution in [0.2, 0.25) is 0 Å². The molecule has 4 aliphatic heterocycles. The molecule has 3 fully saturated rings. The summed E-state index contributed by atoms with van der Waals surface area (Å²) in [5.41, 5.74) is 7.26. The highest BCUT2D eigenvalue weighted by atomic mass is 32.1. The normalized spacial score (nSPS) is 19.8. The van der Waals surface area contributed by atoms with Crippen LogP contribution in [-0.4, -0.2) is 104 Å². The number of aromatic nitrogens is 4. The van der Waals surface area contributed by atoms with Crippen LogP contribution in [0, 0.1) is 6.92 Å². The molecule has 4 N–H and O–H groups in total. The fourth-order valence-corrected chi connectivity index (χ4v) is 11.9. The molecule has 4 amide bonds. The number of hydrogen-bond donors (Lipinski definition) is 4. The Kier molecular flexibility index (Phi) is 12.7. The molecule has 72 heavy (non-hydrogen) atoms. The maximum absolute atomic E-state index is 13.6. The van der Waals surface area contributed by atoms with Crippen molar-refractivity contribution in [1.82, 2.24) is 30.0 Å². The number of piperidine rings is 2. The van der Waals surface area contributed by atoms with Gasteiger partial charge in [0.05, 0.1) is 46.6 Å². The summed E-state index contributed by atoms with van der Waals surface area (Å²) in [4.78, 5) is 77.8. The highest BCUT2D eigenvalue weighted by Gasteiger charge is 2.42. The topological polar surface area (TPSA) is 210 Å². The average Bonchev–Trinajstić information content (AvgIpc) is 4.00. The zero-order valence-electron chi connectivity index (χ0n) is 39.9. The van der Waals surface area contributed by atoms with Crippen molar-refractivity contribution >= 4 is 78.7 Å². The fraction of sp³-hybridized carbons (Fsp3) is 0.333. The van der Waals surface area contributed by atoms with Gasteiger partial charge in [0, 0.05) is 60.8 Å². The molecule has 11 rings (SSSR count). The van der Waals surface area contributed by atoms with Crippen LogP contribution in [0.15, 0.2) is 91.0 Å². The highest BCUT2D eigenvalue weighted by molar-refractivity contribution is 7.22. The predicted molar refractivity (Wildman–Crippen MR) is 273 cm³/mol. The van der Waals surface area contributed by atoms with E-state index in [1.807, 2.05) is 96.8 Å². The first-order valence-corrected chi connectivity index (χ1v) is 25.2. The number of ether oxygens (including phenoxy) is 2. The predicted octanol–water partition coefficient (Wildman–Crippen LogP) is 7.62. The second-order valence-electron chi connectivity index (χ2n) is 19.0. The molecule has 0 aliphatic carbocycles. The lowest BCUT2D eigenvalue weighted by Crippen LogP contribution is -2.48. The number of carboxylic acid groups (broad SMARTS) is 1. The van der Waals surface area contributed by atoms with Crippen LogP contribution in [0.1, 0.15) is 87.7 Å². The fourth-order valence-electron chi connectivity index (χ4n) is 11.1. The molecule has 17 nitrogen and oxygen atoms in total. The number of carbonyl (C=O) groups is 5. The first kappa shape index (κ1) is 46.8. The number of para-hydroxylation sites is 1. The summed E-state index contributed by atoms with van der Waals surface area (Å²) in [6.45, 7) is 3.85. The van der Waals surface area contributed by atoms with Crippen molar-refractivity contribution in [3.63, 3.8) is 0 Å². The molecule has 1 unspecified atom stereocenters. The maximum Gasteiger partial charge on any atom is 0.355 e. The van der Waals surface area contributed by atoms with E-state index in [1.165, 1.54) is 11.3 Å². The summed E-state index contributed by atoms with van der Waals surface area (Å²) in [6, 6.07) is 28.7. The number of aromatic carboxylic acids is 1. The number of hydrogen-bond acceptors (Lipinski definition) is 13. The summed E-state index contributed by atoms with van der Waals surface area (Å²) in [5.74, 6) is -1.47. The molecule has 0 saturated carbocycles. The minimum atomic E-state index is -1.15. The highest BCUT2D eigenvalue weighted by Crippen LogP contribution is 2.39. The monoisotopic (exact) mass is 987 g/mol. The number of rotatable bonds is 14.